The zero-order valence-electron chi connectivity index (χ0n) is 13.9. The number of hydrogen-bond acceptors (Lipinski definition) is 6. The van der Waals surface area contributed by atoms with Gasteiger partial charge in [-0.1, -0.05) is 18.2 Å². The number of ether oxygens (including phenoxy) is 2. The molecule has 126 valence electrons. The maximum absolute atomic E-state index is 5.75. The highest BCUT2D eigenvalue weighted by atomic mass is 16.6. The normalized spacial score (nSPS) is 12.7. The minimum absolute atomic E-state index is 0.570. The topological polar surface area (TPSA) is 69.2 Å². The Morgan fingerprint density at radius 1 is 1.00 bits per heavy atom. The Labute approximate surface area is 145 Å². The number of nitrogens with zero attached hydrogens (tertiary/aromatic N) is 3. The van der Waals surface area contributed by atoms with E-state index in [4.69, 9.17) is 9.47 Å². The summed E-state index contributed by atoms with van der Waals surface area (Å²) in [4.78, 5) is 13.3. The van der Waals surface area contributed by atoms with Crippen LogP contribution in [0.1, 0.15) is 11.4 Å². The van der Waals surface area contributed by atoms with Crippen LogP contribution in [0.25, 0.3) is 11.4 Å². The van der Waals surface area contributed by atoms with Crippen LogP contribution < -0.4 is 14.8 Å². The molecule has 0 atom stereocenters. The molecule has 1 aromatic carbocycles. The molecule has 4 rings (SSSR count). The summed E-state index contributed by atoms with van der Waals surface area (Å²) in [5.74, 6) is 3.04. The summed E-state index contributed by atoms with van der Waals surface area (Å²) in [6.45, 7) is 3.62. The molecule has 1 aliphatic rings. The van der Waals surface area contributed by atoms with Gasteiger partial charge in [-0.15, -0.1) is 0 Å². The third-order valence-electron chi connectivity index (χ3n) is 3.87. The van der Waals surface area contributed by atoms with Gasteiger partial charge in [0.05, 0.1) is 11.4 Å². The lowest BCUT2D eigenvalue weighted by molar-refractivity contribution is 0.170. The molecule has 3 heterocycles. The molecular formula is C19H18N4O2. The van der Waals surface area contributed by atoms with Crippen LogP contribution in [0.5, 0.6) is 11.5 Å². The number of benzene rings is 1. The van der Waals surface area contributed by atoms with Gasteiger partial charge in [-0.2, -0.15) is 0 Å². The molecule has 1 N–H and O–H groups in total. The van der Waals surface area contributed by atoms with Crippen molar-refractivity contribution in [3.63, 3.8) is 0 Å². The third-order valence-corrected chi connectivity index (χ3v) is 3.87. The Balaban J connectivity index is 1.57. The predicted octanol–water partition coefficient (Wildman–Crippen LogP) is 3.23. The van der Waals surface area contributed by atoms with E-state index < -0.39 is 0 Å². The van der Waals surface area contributed by atoms with Gasteiger partial charge in [0.1, 0.15) is 24.9 Å². The van der Waals surface area contributed by atoms with Gasteiger partial charge in [-0.3, -0.25) is 4.98 Å². The molecule has 0 aliphatic carbocycles. The van der Waals surface area contributed by atoms with Crippen molar-refractivity contribution in [3.05, 3.63) is 60.0 Å². The Morgan fingerprint density at radius 2 is 1.92 bits per heavy atom. The number of para-hydroxylation sites is 1. The SMILES string of the molecule is Cc1nc(NCc2cccc3c2OCCO3)cc(-c2ccccn2)n1. The molecule has 0 unspecified atom stereocenters. The van der Waals surface area contributed by atoms with E-state index in [2.05, 4.69) is 20.3 Å². The Hall–Kier alpha value is -3.15. The molecule has 3 aromatic rings. The van der Waals surface area contributed by atoms with Gasteiger partial charge in [0.2, 0.25) is 0 Å². The molecule has 1 aliphatic heterocycles. The molecule has 0 amide bonds. The summed E-state index contributed by atoms with van der Waals surface area (Å²) in [5.41, 5.74) is 2.66. The number of aryl methyl sites for hydroxylation is 1. The van der Waals surface area contributed by atoms with Gasteiger partial charge in [0.15, 0.2) is 11.5 Å². The van der Waals surface area contributed by atoms with E-state index in [9.17, 15) is 0 Å². The van der Waals surface area contributed by atoms with Gasteiger partial charge in [-0.05, 0) is 25.1 Å². The maximum atomic E-state index is 5.75. The first-order valence-corrected chi connectivity index (χ1v) is 8.18. The lowest BCUT2D eigenvalue weighted by Gasteiger charge is -2.21. The highest BCUT2D eigenvalue weighted by Gasteiger charge is 2.15. The van der Waals surface area contributed by atoms with Gasteiger partial charge in [0, 0.05) is 24.4 Å². The maximum Gasteiger partial charge on any atom is 0.166 e. The number of hydrogen-bond donors (Lipinski definition) is 1. The molecule has 0 radical (unpaired) electrons. The molecule has 6 heteroatoms. The minimum Gasteiger partial charge on any atom is -0.486 e. The van der Waals surface area contributed by atoms with Crippen molar-refractivity contribution < 1.29 is 9.47 Å². The summed E-state index contributed by atoms with van der Waals surface area (Å²) >= 11 is 0. The number of anilines is 1. The molecule has 0 saturated carbocycles. The lowest BCUT2D eigenvalue weighted by Crippen LogP contribution is -2.17. The average molecular weight is 334 g/mol. The molecule has 6 nitrogen and oxygen atoms in total. The molecule has 0 bridgehead atoms. The van der Waals surface area contributed by atoms with Gasteiger partial charge in [-0.25, -0.2) is 9.97 Å². The van der Waals surface area contributed by atoms with Crippen LogP contribution in [0.3, 0.4) is 0 Å². The van der Waals surface area contributed by atoms with Gasteiger partial charge < -0.3 is 14.8 Å². The second-order valence-corrected chi connectivity index (χ2v) is 5.70. The first-order valence-electron chi connectivity index (χ1n) is 8.18. The van der Waals surface area contributed by atoms with Gasteiger partial charge in [0.25, 0.3) is 0 Å². The van der Waals surface area contributed by atoms with Crippen LogP contribution in [0, 0.1) is 6.92 Å². The monoisotopic (exact) mass is 334 g/mol. The summed E-state index contributed by atoms with van der Waals surface area (Å²) in [7, 11) is 0. The quantitative estimate of drug-likeness (QED) is 0.790. The van der Waals surface area contributed by atoms with E-state index in [0.717, 1.165) is 34.3 Å². The van der Waals surface area contributed by atoms with E-state index >= 15 is 0 Å². The smallest absolute Gasteiger partial charge is 0.166 e. The molecular weight excluding hydrogens is 316 g/mol. The molecule has 0 spiro atoms. The van der Waals surface area contributed by atoms with E-state index in [1.54, 1.807) is 6.20 Å². The summed E-state index contributed by atoms with van der Waals surface area (Å²) in [6, 6.07) is 13.6. The van der Waals surface area contributed by atoms with E-state index in [-0.39, 0.29) is 0 Å². The predicted molar refractivity (Wildman–Crippen MR) is 94.8 cm³/mol. The van der Waals surface area contributed by atoms with Crippen LogP contribution in [-0.4, -0.2) is 28.2 Å². The zero-order valence-corrected chi connectivity index (χ0v) is 13.9. The van der Waals surface area contributed by atoms with E-state index in [1.165, 1.54) is 0 Å². The van der Waals surface area contributed by atoms with Crippen molar-refractivity contribution in [1.82, 2.24) is 15.0 Å². The first kappa shape index (κ1) is 15.4. The molecule has 2 aromatic heterocycles. The van der Waals surface area contributed by atoms with Crippen LogP contribution in [-0.2, 0) is 6.54 Å². The van der Waals surface area contributed by atoms with Crippen LogP contribution in [0.2, 0.25) is 0 Å². The summed E-state index contributed by atoms with van der Waals surface area (Å²) in [5, 5.41) is 3.35. The Bertz CT molecular complexity index is 884. The van der Waals surface area contributed by atoms with Crippen molar-refractivity contribution >= 4 is 5.82 Å². The van der Waals surface area contributed by atoms with Crippen molar-refractivity contribution in [3.8, 4) is 22.9 Å². The largest absolute Gasteiger partial charge is 0.486 e. The highest BCUT2D eigenvalue weighted by molar-refractivity contribution is 5.58. The minimum atomic E-state index is 0.570. The van der Waals surface area contributed by atoms with Crippen LogP contribution >= 0.6 is 0 Å². The van der Waals surface area contributed by atoms with Crippen LogP contribution in [0.15, 0.2) is 48.7 Å². The summed E-state index contributed by atoms with van der Waals surface area (Å²) < 4.78 is 11.4. The Morgan fingerprint density at radius 3 is 2.80 bits per heavy atom. The number of nitrogens with one attached hydrogen (secondary N) is 1. The average Bonchev–Trinajstić information content (AvgIpc) is 2.66. The van der Waals surface area contributed by atoms with Crippen molar-refractivity contribution in [1.29, 1.82) is 0 Å². The second kappa shape index (κ2) is 6.76. The third kappa shape index (κ3) is 3.38. The summed E-state index contributed by atoms with van der Waals surface area (Å²) in [6.07, 6.45) is 1.76. The van der Waals surface area contributed by atoms with Crippen LogP contribution in [0.4, 0.5) is 5.82 Å². The standard InChI is InChI=1S/C19H18N4O2/c1-13-22-16(15-6-2-3-8-20-15)11-18(23-13)21-12-14-5-4-7-17-19(14)25-10-9-24-17/h2-8,11H,9-10,12H2,1H3,(H,21,22,23). The fourth-order valence-corrected chi connectivity index (χ4v) is 2.76. The second-order valence-electron chi connectivity index (χ2n) is 5.70. The van der Waals surface area contributed by atoms with E-state index in [0.29, 0.717) is 25.6 Å². The van der Waals surface area contributed by atoms with Crippen molar-refractivity contribution in [2.24, 2.45) is 0 Å². The first-order chi connectivity index (χ1) is 12.3. The lowest BCUT2D eigenvalue weighted by atomic mass is 10.1. The van der Waals surface area contributed by atoms with Crippen molar-refractivity contribution in [2.75, 3.05) is 18.5 Å². The molecule has 0 saturated heterocycles. The number of fused-ring (bicyclic) bond motifs is 1. The fraction of sp³-hybridized carbons (Fsp3) is 0.211. The Kier molecular flexibility index (Phi) is 4.16. The highest BCUT2D eigenvalue weighted by Crippen LogP contribution is 2.34. The molecule has 0 fully saturated rings. The van der Waals surface area contributed by atoms with E-state index in [1.807, 2.05) is 49.4 Å². The zero-order chi connectivity index (χ0) is 17.1. The number of aromatic nitrogens is 3. The van der Waals surface area contributed by atoms with Crippen molar-refractivity contribution in [2.45, 2.75) is 13.5 Å². The van der Waals surface area contributed by atoms with Gasteiger partial charge >= 0.3 is 0 Å². The number of rotatable bonds is 4. The fourth-order valence-electron chi connectivity index (χ4n) is 2.76. The molecule has 25 heavy (non-hydrogen) atoms. The number of pyridine rings is 1.